The molecule has 1 N–H and O–H groups in total. The molecule has 2 aromatic carbocycles. The second-order valence-electron chi connectivity index (χ2n) is 6.07. The van der Waals surface area contributed by atoms with Crippen molar-refractivity contribution in [3.8, 4) is 0 Å². The predicted molar refractivity (Wildman–Crippen MR) is 98.1 cm³/mol. The van der Waals surface area contributed by atoms with Gasteiger partial charge in [-0.25, -0.2) is 12.7 Å². The van der Waals surface area contributed by atoms with Crippen LogP contribution in [0.3, 0.4) is 0 Å². The quantitative estimate of drug-likeness (QED) is 0.866. The Morgan fingerprint density at radius 3 is 2.54 bits per heavy atom. The summed E-state index contributed by atoms with van der Waals surface area (Å²) in [5.74, 6) is -1.53. The molecule has 2 aromatic rings. The van der Waals surface area contributed by atoms with Crippen molar-refractivity contribution in [3.63, 3.8) is 0 Å². The number of hydrogen-bond donors (Lipinski definition) is 1. The number of nitrogens with one attached hydrogen (secondary N) is 1. The van der Waals surface area contributed by atoms with Crippen LogP contribution in [0.1, 0.15) is 34.5 Å². The summed E-state index contributed by atoms with van der Waals surface area (Å²) >= 11 is 5.84. The first-order chi connectivity index (χ1) is 12.3. The van der Waals surface area contributed by atoms with E-state index in [0.29, 0.717) is 20.5 Å². The van der Waals surface area contributed by atoms with Gasteiger partial charge < -0.3 is 5.32 Å². The molecule has 6 nitrogen and oxygen atoms in total. The van der Waals surface area contributed by atoms with E-state index in [4.69, 9.17) is 11.6 Å². The molecule has 1 aliphatic heterocycles. The number of carbonyl (C=O) groups is 2. The molecule has 0 radical (unpaired) electrons. The van der Waals surface area contributed by atoms with Crippen LogP contribution in [-0.2, 0) is 20.6 Å². The van der Waals surface area contributed by atoms with Gasteiger partial charge in [-0.1, -0.05) is 41.9 Å². The van der Waals surface area contributed by atoms with E-state index in [1.54, 1.807) is 55.5 Å². The molecule has 0 saturated heterocycles. The van der Waals surface area contributed by atoms with Crippen molar-refractivity contribution in [1.82, 2.24) is 9.62 Å². The van der Waals surface area contributed by atoms with E-state index >= 15 is 0 Å². The number of sulfonamides is 1. The number of carbonyl (C=O) groups excluding carboxylic acids is 2. The Bertz CT molecular complexity index is 957. The first-order valence-corrected chi connectivity index (χ1v) is 9.94. The van der Waals surface area contributed by atoms with Gasteiger partial charge >= 0.3 is 0 Å². The number of rotatable bonds is 4. The minimum atomic E-state index is -3.88. The monoisotopic (exact) mass is 392 g/mol. The van der Waals surface area contributed by atoms with Crippen LogP contribution in [0, 0.1) is 0 Å². The molecular formula is C18H17ClN2O4S. The molecule has 0 aromatic heterocycles. The average Bonchev–Trinajstić information content (AvgIpc) is 2.59. The summed E-state index contributed by atoms with van der Waals surface area (Å²) in [7, 11) is -3.88. The van der Waals surface area contributed by atoms with E-state index in [2.05, 4.69) is 5.32 Å². The highest BCUT2D eigenvalue weighted by Gasteiger charge is 2.36. The number of fused-ring (bicyclic) bond motifs is 1. The molecule has 0 spiro atoms. The molecule has 1 aliphatic rings. The highest BCUT2D eigenvalue weighted by Crippen LogP contribution is 2.24. The predicted octanol–water partition coefficient (Wildman–Crippen LogP) is 2.50. The Morgan fingerprint density at radius 1 is 1.19 bits per heavy atom. The van der Waals surface area contributed by atoms with Crippen molar-refractivity contribution >= 4 is 33.4 Å². The van der Waals surface area contributed by atoms with Gasteiger partial charge in [0.15, 0.2) is 0 Å². The first kappa shape index (κ1) is 18.4. The lowest BCUT2D eigenvalue weighted by molar-refractivity contribution is -0.121. The lowest BCUT2D eigenvalue weighted by Gasteiger charge is -2.28. The Hall–Kier alpha value is -2.38. The van der Waals surface area contributed by atoms with E-state index in [1.807, 2.05) is 0 Å². The lowest BCUT2D eigenvalue weighted by atomic mass is 10.1. The van der Waals surface area contributed by atoms with Crippen LogP contribution < -0.4 is 5.32 Å². The molecule has 2 amide bonds. The molecule has 0 fully saturated rings. The van der Waals surface area contributed by atoms with Crippen molar-refractivity contribution in [2.24, 2.45) is 0 Å². The van der Waals surface area contributed by atoms with E-state index in [9.17, 15) is 18.0 Å². The lowest BCUT2D eigenvalue weighted by Crippen LogP contribution is -2.47. The van der Waals surface area contributed by atoms with Gasteiger partial charge in [0, 0.05) is 10.6 Å². The second kappa shape index (κ2) is 7.09. The van der Waals surface area contributed by atoms with Crippen molar-refractivity contribution in [3.05, 3.63) is 70.2 Å². The second-order valence-corrected chi connectivity index (χ2v) is 8.40. The van der Waals surface area contributed by atoms with Gasteiger partial charge in [0.1, 0.15) is 6.54 Å². The summed E-state index contributed by atoms with van der Waals surface area (Å²) in [5, 5.41) is 3.28. The molecule has 1 heterocycles. The van der Waals surface area contributed by atoms with Crippen LogP contribution in [0.4, 0.5) is 0 Å². The third-order valence-electron chi connectivity index (χ3n) is 4.18. The summed E-state index contributed by atoms with van der Waals surface area (Å²) in [6.07, 6.45) is 0. The highest BCUT2D eigenvalue weighted by atomic mass is 35.5. The molecule has 26 heavy (non-hydrogen) atoms. The molecule has 0 bridgehead atoms. The third-order valence-corrected chi connectivity index (χ3v) is 6.08. The summed E-state index contributed by atoms with van der Waals surface area (Å²) in [6, 6.07) is 13.1. The third kappa shape index (κ3) is 3.73. The van der Waals surface area contributed by atoms with Crippen molar-refractivity contribution < 1.29 is 18.0 Å². The Morgan fingerprint density at radius 2 is 1.85 bits per heavy atom. The summed E-state index contributed by atoms with van der Waals surface area (Å²) in [4.78, 5) is 24.8. The normalized spacial score (nSPS) is 16.7. The van der Waals surface area contributed by atoms with Gasteiger partial charge in [0.2, 0.25) is 15.9 Å². The largest absolute Gasteiger partial charge is 0.348 e. The summed E-state index contributed by atoms with van der Waals surface area (Å²) in [5.41, 5.74) is 1.57. The van der Waals surface area contributed by atoms with Gasteiger partial charge in [-0.2, -0.15) is 0 Å². The van der Waals surface area contributed by atoms with Crippen LogP contribution in [0.2, 0.25) is 5.02 Å². The van der Waals surface area contributed by atoms with Crippen LogP contribution in [0.15, 0.2) is 48.5 Å². The molecular weight excluding hydrogens is 376 g/mol. The molecule has 1 unspecified atom stereocenters. The smallest absolute Gasteiger partial charge is 0.268 e. The number of hydrogen-bond acceptors (Lipinski definition) is 4. The van der Waals surface area contributed by atoms with Crippen LogP contribution in [0.25, 0.3) is 0 Å². The van der Waals surface area contributed by atoms with Crippen LogP contribution in [0.5, 0.6) is 0 Å². The summed E-state index contributed by atoms with van der Waals surface area (Å²) in [6.45, 7) is 1.22. The number of halogens is 1. The molecule has 1 atom stereocenters. The molecule has 136 valence electrons. The maximum absolute atomic E-state index is 12.5. The summed E-state index contributed by atoms with van der Waals surface area (Å²) < 4.78 is 25.4. The molecule has 8 heteroatoms. The van der Waals surface area contributed by atoms with Crippen LogP contribution in [-0.4, -0.2) is 31.1 Å². The maximum atomic E-state index is 12.5. The molecule has 0 saturated carbocycles. The topological polar surface area (TPSA) is 83.6 Å². The minimum absolute atomic E-state index is 0.297. The Balaban J connectivity index is 1.74. The van der Waals surface area contributed by atoms with Crippen molar-refractivity contribution in [2.75, 3.05) is 6.54 Å². The Kier molecular flexibility index (Phi) is 5.02. The minimum Gasteiger partial charge on any atom is -0.348 e. The zero-order valence-electron chi connectivity index (χ0n) is 14.0. The van der Waals surface area contributed by atoms with E-state index in [-0.39, 0.29) is 11.8 Å². The zero-order valence-corrected chi connectivity index (χ0v) is 15.5. The van der Waals surface area contributed by atoms with Crippen molar-refractivity contribution in [1.29, 1.82) is 0 Å². The van der Waals surface area contributed by atoms with Gasteiger partial charge in [-0.05, 0) is 36.2 Å². The number of amides is 2. The van der Waals surface area contributed by atoms with Gasteiger partial charge in [-0.3, -0.25) is 9.59 Å². The van der Waals surface area contributed by atoms with E-state index in [1.165, 1.54) is 0 Å². The number of benzene rings is 2. The van der Waals surface area contributed by atoms with E-state index < -0.39 is 28.4 Å². The standard InChI is InChI=1S/C18H17ClN2O4S/c1-12(13-6-8-15(19)9-7-13)20-17(22)10-21-18(23)16-5-3-2-4-14(16)11-26(21,24)25/h2-9,12H,10-11H2,1H3,(H,20,22). The Labute approximate surface area is 156 Å². The number of nitrogens with zero attached hydrogens (tertiary/aromatic N) is 1. The van der Waals surface area contributed by atoms with Gasteiger partial charge in [0.25, 0.3) is 5.91 Å². The fourth-order valence-corrected chi connectivity index (χ4v) is 4.40. The average molecular weight is 393 g/mol. The van der Waals surface area contributed by atoms with Gasteiger partial charge in [-0.15, -0.1) is 0 Å². The maximum Gasteiger partial charge on any atom is 0.268 e. The van der Waals surface area contributed by atoms with Crippen LogP contribution >= 0.6 is 11.6 Å². The highest BCUT2D eigenvalue weighted by molar-refractivity contribution is 7.89. The molecule has 0 aliphatic carbocycles. The molecule has 3 rings (SSSR count). The van der Waals surface area contributed by atoms with E-state index in [0.717, 1.165) is 5.56 Å². The fourth-order valence-electron chi connectivity index (χ4n) is 2.81. The van der Waals surface area contributed by atoms with Crippen molar-refractivity contribution in [2.45, 2.75) is 18.7 Å². The zero-order chi connectivity index (χ0) is 18.9. The SMILES string of the molecule is CC(NC(=O)CN1C(=O)c2ccccc2CS1(=O)=O)c1ccc(Cl)cc1. The fraction of sp³-hybridized carbons (Fsp3) is 0.222. The first-order valence-electron chi connectivity index (χ1n) is 7.95. The van der Waals surface area contributed by atoms with Gasteiger partial charge in [0.05, 0.1) is 11.8 Å².